The summed E-state index contributed by atoms with van der Waals surface area (Å²) in [5, 5.41) is 6.07. The fourth-order valence-corrected chi connectivity index (χ4v) is 4.98. The Labute approximate surface area is 189 Å². The summed E-state index contributed by atoms with van der Waals surface area (Å²) in [7, 11) is 0. The first-order valence-corrected chi connectivity index (χ1v) is 11.9. The molecule has 7 heteroatoms. The number of aromatic nitrogens is 2. The molecule has 0 aliphatic heterocycles. The van der Waals surface area contributed by atoms with Crippen LogP contribution in [-0.4, -0.2) is 27.8 Å². The monoisotopic (exact) mass is 449 g/mol. The summed E-state index contributed by atoms with van der Waals surface area (Å²) in [5.41, 5.74) is 3.41. The largest absolute Gasteiger partial charge is 0.355 e. The van der Waals surface area contributed by atoms with Crippen LogP contribution in [0.2, 0.25) is 0 Å². The van der Waals surface area contributed by atoms with Crippen molar-refractivity contribution in [1.29, 1.82) is 0 Å². The fraction of sp³-hybridized carbons (Fsp3) is 0.208. The van der Waals surface area contributed by atoms with Gasteiger partial charge in [0, 0.05) is 11.4 Å². The van der Waals surface area contributed by atoms with E-state index < -0.39 is 0 Å². The Morgan fingerprint density at radius 3 is 2.74 bits per heavy atom. The first-order valence-electron chi connectivity index (χ1n) is 10.0. The lowest BCUT2D eigenvalue weighted by atomic mass is 10.1. The molecule has 2 aromatic carbocycles. The molecule has 158 valence electrons. The summed E-state index contributed by atoms with van der Waals surface area (Å²) in [6, 6.07) is 17.4. The minimum atomic E-state index is -0.127. The van der Waals surface area contributed by atoms with Crippen molar-refractivity contribution >= 4 is 39.9 Å². The molecule has 0 saturated heterocycles. The second-order valence-electron chi connectivity index (χ2n) is 7.31. The highest BCUT2D eigenvalue weighted by atomic mass is 32.2. The molecule has 0 radical (unpaired) electrons. The summed E-state index contributed by atoms with van der Waals surface area (Å²) < 4.78 is 1.63. The van der Waals surface area contributed by atoms with E-state index in [1.807, 2.05) is 61.7 Å². The predicted molar refractivity (Wildman–Crippen MR) is 129 cm³/mol. The van der Waals surface area contributed by atoms with Crippen LogP contribution in [0.3, 0.4) is 0 Å². The van der Waals surface area contributed by atoms with Crippen LogP contribution >= 0.6 is 23.1 Å². The van der Waals surface area contributed by atoms with Crippen molar-refractivity contribution in [2.24, 2.45) is 0 Å². The molecule has 0 atom stereocenters. The number of thioether (sulfide) groups is 1. The van der Waals surface area contributed by atoms with Crippen molar-refractivity contribution in [2.75, 3.05) is 12.3 Å². The van der Waals surface area contributed by atoms with E-state index in [2.05, 4.69) is 11.4 Å². The predicted octanol–water partition coefficient (Wildman–Crippen LogP) is 4.52. The van der Waals surface area contributed by atoms with E-state index in [9.17, 15) is 9.59 Å². The second kappa shape index (κ2) is 9.49. The number of hydrogen-bond acceptors (Lipinski definition) is 5. The number of amides is 1. The van der Waals surface area contributed by atoms with Crippen LogP contribution in [0.25, 0.3) is 16.6 Å². The number of fused-ring (bicyclic) bond motifs is 1. The Bertz CT molecular complexity index is 1280. The number of hydrogen-bond donors (Lipinski definition) is 1. The van der Waals surface area contributed by atoms with Gasteiger partial charge in [0.2, 0.25) is 5.91 Å². The summed E-state index contributed by atoms with van der Waals surface area (Å²) in [5.74, 6) is 0.122. The molecule has 0 aliphatic carbocycles. The van der Waals surface area contributed by atoms with Crippen molar-refractivity contribution in [3.8, 4) is 5.69 Å². The van der Waals surface area contributed by atoms with Gasteiger partial charge < -0.3 is 5.32 Å². The van der Waals surface area contributed by atoms with Crippen molar-refractivity contribution in [2.45, 2.75) is 25.4 Å². The maximum atomic E-state index is 13.3. The molecule has 0 bridgehead atoms. The van der Waals surface area contributed by atoms with Gasteiger partial charge in [-0.25, -0.2) is 4.98 Å². The molecule has 2 aromatic heterocycles. The van der Waals surface area contributed by atoms with Crippen LogP contribution in [0.4, 0.5) is 0 Å². The van der Waals surface area contributed by atoms with Crippen LogP contribution in [0.5, 0.6) is 0 Å². The third-order valence-electron chi connectivity index (χ3n) is 4.94. The molecule has 4 rings (SSSR count). The van der Waals surface area contributed by atoms with Crippen molar-refractivity contribution in [3.05, 3.63) is 86.3 Å². The number of nitrogens with zero attached hydrogens (tertiary/aromatic N) is 2. The van der Waals surface area contributed by atoms with E-state index in [0.29, 0.717) is 22.6 Å². The maximum absolute atomic E-state index is 13.3. The SMILES string of the molecule is Cc1ccc(-n2c(SCC(=O)NCCc3cccs3)nc3ccccc3c2=O)c(C)c1. The van der Waals surface area contributed by atoms with Gasteiger partial charge in [0.15, 0.2) is 5.16 Å². The van der Waals surface area contributed by atoms with Gasteiger partial charge in [-0.1, -0.05) is 47.7 Å². The number of benzene rings is 2. The average Bonchev–Trinajstić information content (AvgIpc) is 3.27. The lowest BCUT2D eigenvalue weighted by molar-refractivity contribution is -0.118. The van der Waals surface area contributed by atoms with Crippen LogP contribution in [0, 0.1) is 13.8 Å². The molecule has 0 saturated carbocycles. The molecule has 1 amide bonds. The van der Waals surface area contributed by atoms with Gasteiger partial charge in [0.05, 0.1) is 22.3 Å². The summed E-state index contributed by atoms with van der Waals surface area (Å²) in [6.07, 6.45) is 0.815. The lowest BCUT2D eigenvalue weighted by Gasteiger charge is -2.15. The van der Waals surface area contributed by atoms with Crippen LogP contribution in [-0.2, 0) is 11.2 Å². The number of carbonyl (C=O) groups is 1. The minimum absolute atomic E-state index is 0.0730. The zero-order chi connectivity index (χ0) is 21.8. The van der Waals surface area contributed by atoms with E-state index >= 15 is 0 Å². The first kappa shape index (κ1) is 21.3. The molecule has 5 nitrogen and oxygen atoms in total. The van der Waals surface area contributed by atoms with Crippen LogP contribution in [0.15, 0.2) is 69.9 Å². The van der Waals surface area contributed by atoms with E-state index in [4.69, 9.17) is 4.98 Å². The van der Waals surface area contributed by atoms with Crippen molar-refractivity contribution in [3.63, 3.8) is 0 Å². The average molecular weight is 450 g/mol. The Balaban J connectivity index is 1.60. The normalized spacial score (nSPS) is 11.0. The molecule has 1 N–H and O–H groups in total. The fourth-order valence-electron chi connectivity index (χ4n) is 3.44. The smallest absolute Gasteiger partial charge is 0.266 e. The first-order chi connectivity index (χ1) is 15.0. The summed E-state index contributed by atoms with van der Waals surface area (Å²) in [6.45, 7) is 4.60. The molecular weight excluding hydrogens is 426 g/mol. The van der Waals surface area contributed by atoms with Gasteiger partial charge in [-0.05, 0) is 55.5 Å². The maximum Gasteiger partial charge on any atom is 0.266 e. The highest BCUT2D eigenvalue weighted by Crippen LogP contribution is 2.23. The topological polar surface area (TPSA) is 64.0 Å². The Kier molecular flexibility index (Phi) is 6.53. The van der Waals surface area contributed by atoms with Gasteiger partial charge in [0.1, 0.15) is 0 Å². The van der Waals surface area contributed by atoms with Gasteiger partial charge in [0.25, 0.3) is 5.56 Å². The minimum Gasteiger partial charge on any atom is -0.355 e. The molecule has 31 heavy (non-hydrogen) atoms. The molecule has 2 heterocycles. The second-order valence-corrected chi connectivity index (χ2v) is 9.28. The number of carbonyl (C=O) groups excluding carboxylic acids is 1. The van der Waals surface area contributed by atoms with Gasteiger partial charge >= 0.3 is 0 Å². The molecule has 0 aliphatic rings. The molecule has 0 spiro atoms. The van der Waals surface area contributed by atoms with E-state index in [-0.39, 0.29) is 17.2 Å². The highest BCUT2D eigenvalue weighted by Gasteiger charge is 2.16. The van der Waals surface area contributed by atoms with Gasteiger partial charge in [-0.15, -0.1) is 11.3 Å². The summed E-state index contributed by atoms with van der Waals surface area (Å²) >= 11 is 2.97. The molecule has 0 fully saturated rings. The molecular formula is C24H23N3O2S2. The lowest BCUT2D eigenvalue weighted by Crippen LogP contribution is -2.28. The Hall–Kier alpha value is -2.90. The zero-order valence-electron chi connectivity index (χ0n) is 17.4. The van der Waals surface area contributed by atoms with E-state index in [1.165, 1.54) is 16.6 Å². The number of aryl methyl sites for hydroxylation is 2. The van der Waals surface area contributed by atoms with Crippen molar-refractivity contribution in [1.82, 2.24) is 14.9 Å². The van der Waals surface area contributed by atoms with E-state index in [1.54, 1.807) is 22.0 Å². The molecule has 4 aromatic rings. The number of thiophene rings is 1. The van der Waals surface area contributed by atoms with Crippen LogP contribution < -0.4 is 10.9 Å². The number of rotatable bonds is 7. The third-order valence-corrected chi connectivity index (χ3v) is 6.82. The quantitative estimate of drug-likeness (QED) is 0.333. The third kappa shape index (κ3) is 4.89. The van der Waals surface area contributed by atoms with Crippen molar-refractivity contribution < 1.29 is 4.79 Å². The Morgan fingerprint density at radius 2 is 1.97 bits per heavy atom. The molecule has 0 unspecified atom stereocenters. The van der Waals surface area contributed by atoms with Gasteiger partial charge in [-0.3, -0.25) is 14.2 Å². The summed E-state index contributed by atoms with van der Waals surface area (Å²) in [4.78, 5) is 31.7. The number of para-hydroxylation sites is 1. The van der Waals surface area contributed by atoms with Gasteiger partial charge in [-0.2, -0.15) is 0 Å². The highest BCUT2D eigenvalue weighted by molar-refractivity contribution is 7.99. The Morgan fingerprint density at radius 1 is 1.13 bits per heavy atom. The van der Waals surface area contributed by atoms with E-state index in [0.717, 1.165) is 23.2 Å². The standard InChI is InChI=1S/C24H23N3O2S2/c1-16-9-10-21(17(2)14-16)27-23(29)19-7-3-4-8-20(19)26-24(27)31-15-22(28)25-12-11-18-6-5-13-30-18/h3-10,13-14H,11-12,15H2,1-2H3,(H,25,28). The van der Waals surface area contributed by atoms with Crippen LogP contribution in [0.1, 0.15) is 16.0 Å². The zero-order valence-corrected chi connectivity index (χ0v) is 19.1. The number of nitrogens with one attached hydrogen (secondary N) is 1.